The Morgan fingerprint density at radius 1 is 1.00 bits per heavy atom. The molecule has 4 amide bonds. The number of aromatic nitrogens is 1. The monoisotopic (exact) mass is 844 g/mol. The Labute approximate surface area is 364 Å². The van der Waals surface area contributed by atoms with Crippen molar-refractivity contribution in [2.24, 2.45) is 21.6 Å². The van der Waals surface area contributed by atoms with Crippen molar-refractivity contribution < 1.29 is 23.9 Å². The number of ether oxygens (including phenoxy) is 1. The first-order valence-electron chi connectivity index (χ1n) is 21.9. The van der Waals surface area contributed by atoms with Gasteiger partial charge in [-0.25, -0.2) is 4.99 Å². The van der Waals surface area contributed by atoms with Crippen LogP contribution in [-0.2, 0) is 33.8 Å². The zero-order chi connectivity index (χ0) is 43.8. The third-order valence-corrected chi connectivity index (χ3v) is 12.3. The van der Waals surface area contributed by atoms with Crippen LogP contribution in [0, 0.1) is 12.8 Å². The molecule has 2 saturated heterocycles. The molecule has 0 saturated carbocycles. The van der Waals surface area contributed by atoms with Crippen LogP contribution >= 0.6 is 0 Å². The molecule has 15 nitrogen and oxygen atoms in total. The number of hydrogen-bond donors (Lipinski definition) is 3. The van der Waals surface area contributed by atoms with Crippen molar-refractivity contribution in [2.75, 3.05) is 64.9 Å². The fourth-order valence-electron chi connectivity index (χ4n) is 9.01. The standard InChI is InChI=1S/C47H60N10O5/c1-31-9-8-22-62-46(49-3)37(26-48)40-25-35(23-32(2)52-40)44(59)51-30-50-39-14-13-33(24-42(39)54(4)27-31)28-56-20-18-55(19-21-56)17-6-5-10-34-11-7-12-36-38(34)29-57(47(36)61)41-15-16-43(58)53-45(41)60/h7,11-14,23-26,30-31,41H,5-6,8-10,15-22,27-29,48H2,1-4H3,(H,50,51,59)(H,53,58,60)/t31-,41?/m1/s1. The number of pyridine rings is 1. The van der Waals surface area contributed by atoms with Gasteiger partial charge in [-0.3, -0.25) is 39.4 Å². The molecule has 7 rings (SSSR count). The first kappa shape index (κ1) is 44.1. The molecule has 3 aromatic rings. The lowest BCUT2D eigenvalue weighted by molar-refractivity contribution is -0.136. The second-order valence-corrected chi connectivity index (χ2v) is 16.9. The average Bonchev–Trinajstić information content (AvgIpc) is 3.59. The van der Waals surface area contributed by atoms with E-state index in [1.165, 1.54) is 23.7 Å². The summed E-state index contributed by atoms with van der Waals surface area (Å²) in [5.41, 5.74) is 14.0. The summed E-state index contributed by atoms with van der Waals surface area (Å²) in [7, 11) is 3.76. The molecule has 0 aliphatic carbocycles. The second kappa shape index (κ2) is 20.3. The summed E-state index contributed by atoms with van der Waals surface area (Å²) >= 11 is 0. The van der Waals surface area contributed by atoms with E-state index in [0.29, 0.717) is 59.5 Å². The molecule has 1 unspecified atom stereocenters. The maximum absolute atomic E-state index is 13.3. The normalized spacial score (nSPS) is 22.2. The van der Waals surface area contributed by atoms with Crippen LogP contribution in [0.1, 0.15) is 94.2 Å². The van der Waals surface area contributed by atoms with Crippen molar-refractivity contribution in [3.63, 3.8) is 0 Å². The molecule has 1 aromatic heterocycles. The van der Waals surface area contributed by atoms with Gasteiger partial charge in [-0.15, -0.1) is 0 Å². The molecule has 5 heterocycles. The van der Waals surface area contributed by atoms with Crippen LogP contribution in [0.3, 0.4) is 0 Å². The highest BCUT2D eigenvalue weighted by Crippen LogP contribution is 2.32. The van der Waals surface area contributed by atoms with Crippen LogP contribution in [0.15, 0.2) is 64.7 Å². The SMILES string of the molecule is CN=C1OCCC[C@@H](C)CN(C)c2cc(CN3CCN(CCCCc4cccc5c4CN(C4CCC(=O)NC4=O)C5=O)CC3)ccc2N=CNC(=O)c2cc(C)nc(c2)C1=CN. The number of anilines is 1. The quantitative estimate of drug-likeness (QED) is 0.215. The Kier molecular flexibility index (Phi) is 14.4. The summed E-state index contributed by atoms with van der Waals surface area (Å²) in [6.07, 6.45) is 8.24. The van der Waals surface area contributed by atoms with Gasteiger partial charge >= 0.3 is 0 Å². The van der Waals surface area contributed by atoms with E-state index in [0.717, 1.165) is 94.9 Å². The zero-order valence-corrected chi connectivity index (χ0v) is 36.5. The van der Waals surface area contributed by atoms with Gasteiger partial charge in [0, 0.05) is 89.4 Å². The molecule has 328 valence electrons. The Morgan fingerprint density at radius 3 is 2.58 bits per heavy atom. The summed E-state index contributed by atoms with van der Waals surface area (Å²) in [5, 5.41) is 5.24. The number of piperazine rings is 1. The molecular formula is C47H60N10O5. The molecule has 2 aromatic carbocycles. The van der Waals surface area contributed by atoms with Gasteiger partial charge in [-0.05, 0) is 105 Å². The minimum Gasteiger partial charge on any atom is -0.477 e. The maximum Gasteiger partial charge on any atom is 0.256 e. The number of nitrogens with one attached hydrogen (secondary N) is 2. The lowest BCUT2D eigenvalue weighted by Crippen LogP contribution is -2.52. The van der Waals surface area contributed by atoms with Gasteiger partial charge in [-0.1, -0.05) is 25.1 Å². The van der Waals surface area contributed by atoms with Gasteiger partial charge < -0.3 is 30.5 Å². The van der Waals surface area contributed by atoms with Crippen molar-refractivity contribution in [1.82, 2.24) is 30.3 Å². The Hall–Kier alpha value is -5.93. The molecule has 4 aliphatic heterocycles. The van der Waals surface area contributed by atoms with E-state index in [2.05, 4.69) is 67.5 Å². The Balaban J connectivity index is 0.936. The van der Waals surface area contributed by atoms with Crippen molar-refractivity contribution in [2.45, 2.75) is 77.9 Å². The largest absolute Gasteiger partial charge is 0.477 e. The van der Waals surface area contributed by atoms with Crippen LogP contribution < -0.4 is 21.3 Å². The van der Waals surface area contributed by atoms with Gasteiger partial charge in [0.1, 0.15) is 6.04 Å². The number of imide groups is 1. The highest BCUT2D eigenvalue weighted by molar-refractivity contribution is 6.19. The van der Waals surface area contributed by atoms with Gasteiger partial charge in [-0.2, -0.15) is 0 Å². The highest BCUT2D eigenvalue weighted by Gasteiger charge is 2.39. The molecule has 2 fully saturated rings. The Bertz CT molecular complexity index is 2250. The number of unbranched alkanes of at least 4 members (excludes halogenated alkanes) is 1. The third-order valence-electron chi connectivity index (χ3n) is 12.3. The van der Waals surface area contributed by atoms with E-state index in [4.69, 9.17) is 15.5 Å². The topological polar surface area (TPSA) is 178 Å². The lowest BCUT2D eigenvalue weighted by Gasteiger charge is -2.35. The predicted octanol–water partition coefficient (Wildman–Crippen LogP) is 4.59. The van der Waals surface area contributed by atoms with Gasteiger partial charge in [0.2, 0.25) is 17.7 Å². The van der Waals surface area contributed by atoms with Crippen molar-refractivity contribution in [3.05, 3.63) is 93.9 Å². The molecular weight excluding hydrogens is 785 g/mol. The first-order chi connectivity index (χ1) is 30.0. The van der Waals surface area contributed by atoms with Crippen LogP contribution in [0.4, 0.5) is 11.4 Å². The van der Waals surface area contributed by atoms with Crippen LogP contribution in [-0.4, -0.2) is 122 Å². The fraction of sp³-hybridized carbons (Fsp3) is 0.468. The van der Waals surface area contributed by atoms with Crippen molar-refractivity contribution in [3.8, 4) is 0 Å². The number of benzene rings is 2. The van der Waals surface area contributed by atoms with Gasteiger partial charge in [0.25, 0.3) is 11.8 Å². The number of fused-ring (bicyclic) bond motifs is 4. The summed E-state index contributed by atoms with van der Waals surface area (Å²) in [5.74, 6) is -0.335. The second-order valence-electron chi connectivity index (χ2n) is 16.9. The maximum atomic E-state index is 13.3. The van der Waals surface area contributed by atoms with E-state index >= 15 is 0 Å². The highest BCUT2D eigenvalue weighted by atomic mass is 16.5. The number of nitrogens with zero attached hydrogens (tertiary/aromatic N) is 7. The number of piperidine rings is 1. The van der Waals surface area contributed by atoms with Crippen LogP contribution in [0.5, 0.6) is 0 Å². The number of aryl methyl sites for hydroxylation is 2. The van der Waals surface area contributed by atoms with E-state index < -0.39 is 6.04 Å². The summed E-state index contributed by atoms with van der Waals surface area (Å²) in [4.78, 5) is 73.5. The lowest BCUT2D eigenvalue weighted by atomic mass is 9.98. The van der Waals surface area contributed by atoms with E-state index in [9.17, 15) is 19.2 Å². The minimum atomic E-state index is -0.600. The number of carbonyl (C=O) groups is 4. The average molecular weight is 845 g/mol. The molecule has 15 heteroatoms. The molecule has 0 spiro atoms. The molecule has 2 atom stereocenters. The van der Waals surface area contributed by atoms with Crippen LogP contribution in [0.2, 0.25) is 0 Å². The van der Waals surface area contributed by atoms with Crippen LogP contribution in [0.25, 0.3) is 5.57 Å². The van der Waals surface area contributed by atoms with E-state index in [1.54, 1.807) is 24.1 Å². The summed E-state index contributed by atoms with van der Waals surface area (Å²) < 4.78 is 6.10. The number of rotatable bonds is 8. The molecule has 4 N–H and O–H groups in total. The number of nitrogens with two attached hydrogens (primary N) is 1. The van der Waals surface area contributed by atoms with Crippen molar-refractivity contribution >= 4 is 52.8 Å². The smallest absolute Gasteiger partial charge is 0.256 e. The van der Waals surface area contributed by atoms with Crippen molar-refractivity contribution in [1.29, 1.82) is 0 Å². The van der Waals surface area contributed by atoms with Gasteiger partial charge in [0.05, 0.1) is 35.6 Å². The van der Waals surface area contributed by atoms with E-state index in [-0.39, 0.29) is 30.0 Å². The fourth-order valence-corrected chi connectivity index (χ4v) is 9.01. The number of amides is 4. The molecule has 62 heavy (non-hydrogen) atoms. The Morgan fingerprint density at radius 2 is 1.81 bits per heavy atom. The number of hydrogen-bond acceptors (Lipinski definition) is 12. The first-order valence-corrected chi connectivity index (χ1v) is 21.9. The molecule has 2 bridgehead atoms. The summed E-state index contributed by atoms with van der Waals surface area (Å²) in [6.45, 7) is 11.6. The predicted molar refractivity (Wildman–Crippen MR) is 241 cm³/mol. The third kappa shape index (κ3) is 10.6. The number of aliphatic imine (C=N–C) groups is 2. The number of carbonyl (C=O) groups excluding carboxylic acids is 4. The van der Waals surface area contributed by atoms with Gasteiger partial charge in [0.15, 0.2) is 0 Å². The molecule has 4 aliphatic rings. The summed E-state index contributed by atoms with van der Waals surface area (Å²) in [6, 6.07) is 15.1. The minimum absolute atomic E-state index is 0.123. The molecule has 0 radical (unpaired) electrons. The van der Waals surface area contributed by atoms with E-state index in [1.807, 2.05) is 25.1 Å². The zero-order valence-electron chi connectivity index (χ0n) is 36.5.